The standard InChI is InChI=1S/C11H13NO4S2/c1-2-16-9(15)11(3-4-11)7-5-17-10(12-7)18-6-8(13)14/h5H,2-4,6H2,1H3,(H,13,14). The van der Waals surface area contributed by atoms with E-state index in [9.17, 15) is 9.59 Å². The topological polar surface area (TPSA) is 76.5 Å². The Hall–Kier alpha value is -1.08. The molecule has 0 aromatic carbocycles. The van der Waals surface area contributed by atoms with Gasteiger partial charge in [0.1, 0.15) is 5.41 Å². The van der Waals surface area contributed by atoms with Crippen molar-refractivity contribution in [1.82, 2.24) is 4.98 Å². The summed E-state index contributed by atoms with van der Waals surface area (Å²) in [5.74, 6) is -1.10. The molecule has 0 atom stereocenters. The smallest absolute Gasteiger partial charge is 0.318 e. The summed E-state index contributed by atoms with van der Waals surface area (Å²) in [6.45, 7) is 2.15. The van der Waals surface area contributed by atoms with Crippen LogP contribution in [-0.2, 0) is 19.7 Å². The predicted octanol–water partition coefficient (Wildman–Crippen LogP) is 1.91. The number of thioether (sulfide) groups is 1. The van der Waals surface area contributed by atoms with Gasteiger partial charge in [0.15, 0.2) is 4.34 Å². The molecule has 0 amide bonds. The molecule has 0 unspecified atom stereocenters. The van der Waals surface area contributed by atoms with Crippen LogP contribution < -0.4 is 0 Å². The van der Waals surface area contributed by atoms with E-state index in [4.69, 9.17) is 9.84 Å². The molecule has 98 valence electrons. The normalized spacial score (nSPS) is 16.3. The first-order chi connectivity index (χ1) is 8.58. The number of carbonyl (C=O) groups is 2. The van der Waals surface area contributed by atoms with Crippen molar-refractivity contribution >= 4 is 35.0 Å². The monoisotopic (exact) mass is 287 g/mol. The van der Waals surface area contributed by atoms with Crippen LogP contribution in [0.25, 0.3) is 0 Å². The number of rotatable bonds is 6. The Morgan fingerprint density at radius 1 is 1.61 bits per heavy atom. The third-order valence-corrected chi connectivity index (χ3v) is 4.71. The number of carboxylic acids is 1. The van der Waals surface area contributed by atoms with Gasteiger partial charge < -0.3 is 9.84 Å². The Kier molecular flexibility index (Phi) is 3.91. The quantitative estimate of drug-likeness (QED) is 0.636. The van der Waals surface area contributed by atoms with E-state index in [0.29, 0.717) is 10.9 Å². The van der Waals surface area contributed by atoms with Crippen molar-refractivity contribution in [1.29, 1.82) is 0 Å². The summed E-state index contributed by atoms with van der Waals surface area (Å²) in [6, 6.07) is 0. The maximum Gasteiger partial charge on any atom is 0.318 e. The Morgan fingerprint density at radius 3 is 2.89 bits per heavy atom. The van der Waals surface area contributed by atoms with Gasteiger partial charge in [-0.3, -0.25) is 9.59 Å². The maximum absolute atomic E-state index is 11.8. The molecule has 1 aromatic heterocycles. The number of thiazole rings is 1. The number of esters is 1. The van der Waals surface area contributed by atoms with E-state index in [0.717, 1.165) is 18.5 Å². The average molecular weight is 287 g/mol. The van der Waals surface area contributed by atoms with Gasteiger partial charge in [0.2, 0.25) is 0 Å². The van der Waals surface area contributed by atoms with E-state index in [2.05, 4.69) is 4.98 Å². The molecule has 1 aliphatic carbocycles. The van der Waals surface area contributed by atoms with Gasteiger partial charge in [-0.2, -0.15) is 0 Å². The lowest BCUT2D eigenvalue weighted by Crippen LogP contribution is -2.23. The number of carboxylic acid groups (broad SMARTS) is 1. The molecule has 1 aromatic rings. The van der Waals surface area contributed by atoms with Gasteiger partial charge in [0.25, 0.3) is 0 Å². The number of ether oxygens (including phenoxy) is 1. The fourth-order valence-corrected chi connectivity index (χ4v) is 3.27. The zero-order chi connectivity index (χ0) is 13.2. The van der Waals surface area contributed by atoms with Crippen molar-refractivity contribution < 1.29 is 19.4 Å². The summed E-state index contributed by atoms with van der Waals surface area (Å²) < 4.78 is 5.74. The zero-order valence-electron chi connectivity index (χ0n) is 9.84. The van der Waals surface area contributed by atoms with Crippen LogP contribution in [0, 0.1) is 0 Å². The van der Waals surface area contributed by atoms with Crippen LogP contribution >= 0.6 is 23.1 Å². The Balaban J connectivity index is 2.05. The second kappa shape index (κ2) is 5.27. The predicted molar refractivity (Wildman–Crippen MR) is 68.0 cm³/mol. The minimum Gasteiger partial charge on any atom is -0.481 e. The number of hydrogen-bond acceptors (Lipinski definition) is 6. The highest BCUT2D eigenvalue weighted by Crippen LogP contribution is 2.49. The molecule has 1 heterocycles. The first kappa shape index (κ1) is 13.4. The molecule has 1 saturated carbocycles. The summed E-state index contributed by atoms with van der Waals surface area (Å²) in [5, 5.41) is 10.4. The largest absolute Gasteiger partial charge is 0.481 e. The number of carbonyl (C=O) groups excluding carboxylic acids is 1. The molecule has 0 spiro atoms. The lowest BCUT2D eigenvalue weighted by atomic mass is 10.0. The lowest BCUT2D eigenvalue weighted by Gasteiger charge is -2.10. The van der Waals surface area contributed by atoms with E-state index >= 15 is 0 Å². The highest BCUT2D eigenvalue weighted by Gasteiger charge is 2.54. The average Bonchev–Trinajstić information content (AvgIpc) is 3.00. The second-order valence-corrected chi connectivity index (χ2v) is 6.06. The lowest BCUT2D eigenvalue weighted by molar-refractivity contribution is -0.146. The number of nitrogens with zero attached hydrogens (tertiary/aromatic N) is 1. The SMILES string of the molecule is CCOC(=O)C1(c2csc(SCC(=O)O)n2)CC1. The maximum atomic E-state index is 11.8. The highest BCUT2D eigenvalue weighted by molar-refractivity contribution is 8.01. The van der Waals surface area contributed by atoms with Crippen molar-refractivity contribution in [2.75, 3.05) is 12.4 Å². The summed E-state index contributed by atoms with van der Waals surface area (Å²) >= 11 is 2.55. The number of hydrogen-bond donors (Lipinski definition) is 1. The zero-order valence-corrected chi connectivity index (χ0v) is 11.5. The van der Waals surface area contributed by atoms with Gasteiger partial charge in [-0.05, 0) is 19.8 Å². The molecule has 2 rings (SSSR count). The molecule has 18 heavy (non-hydrogen) atoms. The van der Waals surface area contributed by atoms with Crippen LogP contribution in [0.2, 0.25) is 0 Å². The van der Waals surface area contributed by atoms with E-state index in [-0.39, 0.29) is 11.7 Å². The van der Waals surface area contributed by atoms with Crippen LogP contribution in [0.5, 0.6) is 0 Å². The summed E-state index contributed by atoms with van der Waals surface area (Å²) in [7, 11) is 0. The molecule has 1 aliphatic rings. The third-order valence-electron chi connectivity index (χ3n) is 2.71. The van der Waals surface area contributed by atoms with Crippen LogP contribution in [0.3, 0.4) is 0 Å². The fraction of sp³-hybridized carbons (Fsp3) is 0.545. The molecule has 5 nitrogen and oxygen atoms in total. The van der Waals surface area contributed by atoms with Gasteiger partial charge in [-0.15, -0.1) is 11.3 Å². The molecule has 1 N–H and O–H groups in total. The van der Waals surface area contributed by atoms with Crippen molar-refractivity contribution in [3.63, 3.8) is 0 Å². The van der Waals surface area contributed by atoms with Crippen LogP contribution in [0.4, 0.5) is 0 Å². The Bertz CT molecular complexity index is 467. The molecule has 0 aliphatic heterocycles. The Labute approximate surface area is 113 Å². The van der Waals surface area contributed by atoms with Crippen LogP contribution in [0.1, 0.15) is 25.5 Å². The first-order valence-electron chi connectivity index (χ1n) is 5.56. The minimum absolute atomic E-state index is 0.0145. The minimum atomic E-state index is -0.872. The second-order valence-electron chi connectivity index (χ2n) is 3.98. The molecule has 7 heteroatoms. The van der Waals surface area contributed by atoms with Gasteiger partial charge in [-0.25, -0.2) is 4.98 Å². The van der Waals surface area contributed by atoms with Crippen molar-refractivity contribution in [2.45, 2.75) is 29.5 Å². The highest BCUT2D eigenvalue weighted by atomic mass is 32.2. The molecule has 0 saturated heterocycles. The van der Waals surface area contributed by atoms with E-state index in [1.165, 1.54) is 23.1 Å². The van der Waals surface area contributed by atoms with Gasteiger partial charge in [0.05, 0.1) is 18.1 Å². The van der Waals surface area contributed by atoms with Crippen molar-refractivity contribution in [3.05, 3.63) is 11.1 Å². The summed E-state index contributed by atoms with van der Waals surface area (Å²) in [5.41, 5.74) is 0.160. The molecule has 1 fully saturated rings. The van der Waals surface area contributed by atoms with Crippen LogP contribution in [0.15, 0.2) is 9.72 Å². The third kappa shape index (κ3) is 2.67. The number of aromatic nitrogens is 1. The molecule has 0 radical (unpaired) electrons. The van der Waals surface area contributed by atoms with Gasteiger partial charge >= 0.3 is 11.9 Å². The van der Waals surface area contributed by atoms with E-state index in [1.807, 2.05) is 5.38 Å². The van der Waals surface area contributed by atoms with Crippen molar-refractivity contribution in [2.24, 2.45) is 0 Å². The molecule has 0 bridgehead atoms. The van der Waals surface area contributed by atoms with Gasteiger partial charge in [-0.1, -0.05) is 11.8 Å². The van der Waals surface area contributed by atoms with E-state index in [1.54, 1.807) is 6.92 Å². The number of aliphatic carboxylic acids is 1. The van der Waals surface area contributed by atoms with E-state index < -0.39 is 11.4 Å². The van der Waals surface area contributed by atoms with Gasteiger partial charge in [0, 0.05) is 5.38 Å². The fourth-order valence-electron chi connectivity index (χ4n) is 1.63. The first-order valence-corrected chi connectivity index (χ1v) is 7.43. The summed E-state index contributed by atoms with van der Waals surface area (Å²) in [6.07, 6.45) is 1.53. The van der Waals surface area contributed by atoms with Crippen molar-refractivity contribution in [3.8, 4) is 0 Å². The molecular formula is C11H13NO4S2. The van der Waals surface area contributed by atoms with Crippen LogP contribution in [-0.4, -0.2) is 34.4 Å². The summed E-state index contributed by atoms with van der Waals surface area (Å²) in [4.78, 5) is 26.6. The molecular weight excluding hydrogens is 274 g/mol. The Morgan fingerprint density at radius 2 is 2.33 bits per heavy atom.